The number of hydrogen-bond donors (Lipinski definition) is 0. The Balaban J connectivity index is 1.28. The molecule has 1 saturated heterocycles. The van der Waals surface area contributed by atoms with E-state index in [4.69, 9.17) is 14.0 Å². The fraction of sp³-hybridized carbons (Fsp3) is 0.423. The zero-order valence-corrected chi connectivity index (χ0v) is 19.1. The van der Waals surface area contributed by atoms with Gasteiger partial charge in [-0.25, -0.2) is 0 Å². The summed E-state index contributed by atoms with van der Waals surface area (Å²) in [6.45, 7) is 3.68. The Labute approximate surface area is 193 Å². The molecule has 2 heterocycles. The van der Waals surface area contributed by atoms with Crippen molar-refractivity contribution in [2.75, 3.05) is 20.2 Å². The summed E-state index contributed by atoms with van der Waals surface area (Å²) in [6, 6.07) is 17.5. The molecule has 1 atom stereocenters. The van der Waals surface area contributed by atoms with Gasteiger partial charge in [0.15, 0.2) is 12.4 Å². The van der Waals surface area contributed by atoms with E-state index >= 15 is 0 Å². The van der Waals surface area contributed by atoms with E-state index in [0.29, 0.717) is 18.3 Å². The van der Waals surface area contributed by atoms with E-state index in [9.17, 15) is 4.79 Å². The van der Waals surface area contributed by atoms with Gasteiger partial charge in [0.2, 0.25) is 5.91 Å². The molecule has 2 aliphatic rings. The summed E-state index contributed by atoms with van der Waals surface area (Å²) in [4.78, 5) is 20.2. The van der Waals surface area contributed by atoms with Crippen LogP contribution in [0.3, 0.4) is 0 Å². The highest BCUT2D eigenvalue weighted by atomic mass is 16.5. The third-order valence-corrected chi connectivity index (χ3v) is 6.90. The van der Waals surface area contributed by atoms with Crippen molar-refractivity contribution in [2.24, 2.45) is 0 Å². The first-order valence-electron chi connectivity index (χ1n) is 11.5. The van der Waals surface area contributed by atoms with Crippen LogP contribution in [0.1, 0.15) is 49.9 Å². The van der Waals surface area contributed by atoms with Gasteiger partial charge in [-0.3, -0.25) is 4.79 Å². The zero-order valence-electron chi connectivity index (χ0n) is 19.1. The predicted molar refractivity (Wildman–Crippen MR) is 122 cm³/mol. The molecule has 1 aliphatic heterocycles. The van der Waals surface area contributed by atoms with Crippen molar-refractivity contribution in [1.82, 2.24) is 15.0 Å². The maximum Gasteiger partial charge on any atom is 0.264 e. The first-order chi connectivity index (χ1) is 16.0. The van der Waals surface area contributed by atoms with Gasteiger partial charge in [0, 0.05) is 18.5 Å². The van der Waals surface area contributed by atoms with Gasteiger partial charge in [-0.1, -0.05) is 42.4 Å². The van der Waals surface area contributed by atoms with Crippen LogP contribution in [0.4, 0.5) is 0 Å². The average Bonchev–Trinajstić information content (AvgIpc) is 3.52. The maximum absolute atomic E-state index is 13.6. The number of aromatic nitrogens is 2. The fourth-order valence-electron chi connectivity index (χ4n) is 4.78. The van der Waals surface area contributed by atoms with Crippen LogP contribution in [0.5, 0.6) is 11.5 Å². The van der Waals surface area contributed by atoms with Gasteiger partial charge in [0.1, 0.15) is 11.5 Å². The molecular formula is C26H29N3O4. The number of hydrogen-bond acceptors (Lipinski definition) is 6. The van der Waals surface area contributed by atoms with E-state index in [1.165, 1.54) is 0 Å². The lowest BCUT2D eigenvalue weighted by molar-refractivity contribution is -0.136. The molecule has 172 valence electrons. The monoisotopic (exact) mass is 447 g/mol. The van der Waals surface area contributed by atoms with Gasteiger partial charge in [-0.15, -0.1) is 0 Å². The molecule has 2 aromatic carbocycles. The number of benzene rings is 2. The highest BCUT2D eigenvalue weighted by molar-refractivity contribution is 5.91. The summed E-state index contributed by atoms with van der Waals surface area (Å²) in [7, 11) is 1.65. The molecule has 33 heavy (non-hydrogen) atoms. The number of rotatable bonds is 7. The molecule has 7 heteroatoms. The van der Waals surface area contributed by atoms with Crippen molar-refractivity contribution in [2.45, 2.75) is 50.0 Å². The number of carbonyl (C=O) groups is 1. The van der Waals surface area contributed by atoms with Gasteiger partial charge in [-0.05, 0) is 55.5 Å². The number of piperidine rings is 1. The summed E-state index contributed by atoms with van der Waals surface area (Å²) in [5, 5.41) is 4.25. The summed E-state index contributed by atoms with van der Waals surface area (Å²) in [5.74, 6) is 2.84. The normalized spacial score (nSPS) is 21.5. The van der Waals surface area contributed by atoms with Gasteiger partial charge < -0.3 is 18.9 Å². The van der Waals surface area contributed by atoms with E-state index in [2.05, 4.69) is 17.1 Å². The predicted octanol–water partition coefficient (Wildman–Crippen LogP) is 4.27. The van der Waals surface area contributed by atoms with E-state index in [0.717, 1.165) is 49.3 Å². The van der Waals surface area contributed by atoms with Crippen LogP contribution < -0.4 is 9.47 Å². The molecule has 3 aromatic rings. The Morgan fingerprint density at radius 2 is 1.82 bits per heavy atom. The molecular weight excluding hydrogens is 418 g/mol. The summed E-state index contributed by atoms with van der Waals surface area (Å²) in [6.07, 6.45) is 3.58. The van der Waals surface area contributed by atoms with Crippen LogP contribution in [0.15, 0.2) is 59.1 Å². The largest absolute Gasteiger partial charge is 0.497 e. The number of likely N-dealkylation sites (tertiary alicyclic amines) is 1. The minimum absolute atomic E-state index is 0.203. The summed E-state index contributed by atoms with van der Waals surface area (Å²) < 4.78 is 16.5. The molecule has 7 nitrogen and oxygen atoms in total. The number of methoxy groups -OCH3 is 1. The smallest absolute Gasteiger partial charge is 0.264 e. The Morgan fingerprint density at radius 3 is 2.52 bits per heavy atom. The third-order valence-electron chi connectivity index (χ3n) is 6.90. The van der Waals surface area contributed by atoms with Gasteiger partial charge in [0.25, 0.3) is 5.89 Å². The minimum atomic E-state index is -0.406. The van der Waals surface area contributed by atoms with Crippen molar-refractivity contribution in [3.05, 3.63) is 71.9 Å². The zero-order chi connectivity index (χ0) is 22.9. The minimum Gasteiger partial charge on any atom is -0.497 e. The van der Waals surface area contributed by atoms with Crippen LogP contribution in [0.25, 0.3) is 0 Å². The van der Waals surface area contributed by atoms with Gasteiger partial charge in [-0.2, -0.15) is 4.98 Å². The highest BCUT2D eigenvalue weighted by Crippen LogP contribution is 2.50. The number of carbonyl (C=O) groups excluding carboxylic acids is 1. The Bertz CT molecular complexity index is 1110. The number of nitrogens with zero attached hydrogens (tertiary/aromatic N) is 3. The highest BCUT2D eigenvalue weighted by Gasteiger charge is 2.54. The molecule has 0 N–H and O–H groups in total. The third kappa shape index (κ3) is 4.19. The molecule has 1 unspecified atom stereocenters. The quantitative estimate of drug-likeness (QED) is 0.538. The van der Waals surface area contributed by atoms with Crippen molar-refractivity contribution in [3.8, 4) is 11.5 Å². The molecule has 1 aliphatic carbocycles. The molecule has 5 rings (SSSR count). The summed E-state index contributed by atoms with van der Waals surface area (Å²) >= 11 is 0. The molecule has 2 fully saturated rings. The van der Waals surface area contributed by atoms with Crippen LogP contribution >= 0.6 is 0 Å². The van der Waals surface area contributed by atoms with Crippen molar-refractivity contribution in [3.63, 3.8) is 0 Å². The second-order valence-electron chi connectivity index (χ2n) is 9.31. The van der Waals surface area contributed by atoms with Crippen molar-refractivity contribution < 1.29 is 18.8 Å². The number of para-hydroxylation sites is 1. The Hall–Kier alpha value is -3.35. The molecule has 0 radical (unpaired) electrons. The first kappa shape index (κ1) is 21.5. The lowest BCUT2D eigenvalue weighted by atomic mass is 9.80. The summed E-state index contributed by atoms with van der Waals surface area (Å²) in [5.41, 5.74) is 0.315. The molecule has 1 amide bonds. The van der Waals surface area contributed by atoms with Crippen LogP contribution in [-0.2, 0) is 22.2 Å². The van der Waals surface area contributed by atoms with E-state index in [1.807, 2.05) is 59.5 Å². The number of amides is 1. The lowest BCUT2D eigenvalue weighted by Gasteiger charge is -2.40. The number of ether oxygens (including phenoxy) is 2. The molecule has 0 spiro atoms. The van der Waals surface area contributed by atoms with E-state index in [-0.39, 0.29) is 17.9 Å². The molecule has 0 bridgehead atoms. The second kappa shape index (κ2) is 8.54. The SMILES string of the molecule is COc1ccc(C2(C(=O)N3CCCC(C)(c4noc(COc5ccccc5)n4)C3)CC2)cc1. The van der Waals surface area contributed by atoms with Gasteiger partial charge in [0.05, 0.1) is 12.5 Å². The Kier molecular flexibility index (Phi) is 5.56. The topological polar surface area (TPSA) is 77.7 Å². The first-order valence-corrected chi connectivity index (χ1v) is 11.5. The van der Waals surface area contributed by atoms with Crippen molar-refractivity contribution in [1.29, 1.82) is 0 Å². The van der Waals surface area contributed by atoms with E-state index < -0.39 is 5.41 Å². The van der Waals surface area contributed by atoms with Crippen LogP contribution in [-0.4, -0.2) is 41.1 Å². The molecule has 1 aromatic heterocycles. The standard InChI is InChI=1S/C26H29N3O4/c1-25(23-27-22(33-28-23)17-32-21-7-4-3-5-8-21)13-6-16-29(18-25)24(30)26(14-15-26)19-9-11-20(31-2)12-10-19/h3-5,7-12H,6,13-18H2,1-2H3. The molecule has 1 saturated carbocycles. The van der Waals surface area contributed by atoms with Crippen LogP contribution in [0, 0.1) is 0 Å². The Morgan fingerprint density at radius 1 is 1.06 bits per heavy atom. The average molecular weight is 448 g/mol. The van der Waals surface area contributed by atoms with E-state index in [1.54, 1.807) is 7.11 Å². The lowest BCUT2D eigenvalue weighted by Crippen LogP contribution is -2.50. The van der Waals surface area contributed by atoms with Crippen molar-refractivity contribution >= 4 is 5.91 Å². The second-order valence-corrected chi connectivity index (χ2v) is 9.31. The maximum atomic E-state index is 13.6. The van der Waals surface area contributed by atoms with Crippen LogP contribution in [0.2, 0.25) is 0 Å². The van der Waals surface area contributed by atoms with Gasteiger partial charge >= 0.3 is 0 Å². The fourth-order valence-corrected chi connectivity index (χ4v) is 4.78.